The molecule has 0 nitrogen and oxygen atoms in total. The highest BCUT2D eigenvalue weighted by molar-refractivity contribution is 7.99. The van der Waals surface area contributed by atoms with Crippen molar-refractivity contribution >= 4 is 11.8 Å². The van der Waals surface area contributed by atoms with Crippen molar-refractivity contribution in [1.29, 1.82) is 0 Å². The van der Waals surface area contributed by atoms with Gasteiger partial charge in [0.2, 0.25) is 5.92 Å². The zero-order valence-electron chi connectivity index (χ0n) is 6.20. The minimum absolute atomic E-state index is 0. The maximum atomic E-state index is 12.1. The molecule has 0 spiro atoms. The van der Waals surface area contributed by atoms with Crippen LogP contribution in [-0.4, -0.2) is 17.4 Å². The fourth-order valence-electron chi connectivity index (χ4n) is 0.587. The topological polar surface area (TPSA) is 0 Å². The van der Waals surface area contributed by atoms with Gasteiger partial charge in [-0.1, -0.05) is 0 Å². The van der Waals surface area contributed by atoms with Gasteiger partial charge in [-0.25, -0.2) is 8.78 Å². The van der Waals surface area contributed by atoms with Crippen molar-refractivity contribution in [2.75, 3.05) is 11.5 Å². The zero-order chi connectivity index (χ0) is 8.04. The van der Waals surface area contributed by atoms with Crippen LogP contribution in [-0.2, 0) is 0 Å². The summed E-state index contributed by atoms with van der Waals surface area (Å²) in [6.45, 7) is 4.56. The fraction of sp³-hybridized carbons (Fsp3) is 0.857. The van der Waals surface area contributed by atoms with Crippen molar-refractivity contribution in [3.63, 3.8) is 0 Å². The number of hydrogen-bond donors (Lipinski definition) is 0. The molecule has 0 bridgehead atoms. The monoisotopic (exact) mass is 167 g/mol. The van der Waals surface area contributed by atoms with Crippen LogP contribution in [0.3, 0.4) is 0 Å². The largest absolute Gasteiger partial charge is 0.245 e. The van der Waals surface area contributed by atoms with Crippen LogP contribution in [0.1, 0.15) is 19.8 Å². The fourth-order valence-corrected chi connectivity index (χ4v) is 1.14. The van der Waals surface area contributed by atoms with E-state index in [1.807, 2.05) is 0 Å². The summed E-state index contributed by atoms with van der Waals surface area (Å²) in [4.78, 5) is 0. The van der Waals surface area contributed by atoms with Crippen LogP contribution in [0.4, 0.5) is 8.78 Å². The summed E-state index contributed by atoms with van der Waals surface area (Å²) in [5.41, 5.74) is 0. The molecule has 0 rings (SSSR count). The van der Waals surface area contributed by atoms with Crippen molar-refractivity contribution in [1.82, 2.24) is 0 Å². The minimum atomic E-state index is -2.48. The molecule has 61 valence electrons. The summed E-state index contributed by atoms with van der Waals surface area (Å²) in [6, 6.07) is 0. The van der Waals surface area contributed by atoms with E-state index in [1.165, 1.54) is 0 Å². The van der Waals surface area contributed by atoms with E-state index in [0.29, 0.717) is 6.42 Å². The zero-order valence-corrected chi connectivity index (χ0v) is 7.02. The van der Waals surface area contributed by atoms with Gasteiger partial charge < -0.3 is 0 Å². The lowest BCUT2D eigenvalue weighted by atomic mass is 10.2. The Balaban J connectivity index is 3.04. The van der Waals surface area contributed by atoms with Gasteiger partial charge >= 0.3 is 0 Å². The van der Waals surface area contributed by atoms with Gasteiger partial charge in [0.05, 0.1) is 0 Å². The highest BCUT2D eigenvalue weighted by Crippen LogP contribution is 2.19. The first-order valence-electron chi connectivity index (χ1n) is 3.31. The Morgan fingerprint density at radius 1 is 1.50 bits per heavy atom. The van der Waals surface area contributed by atoms with E-state index in [2.05, 4.69) is 6.92 Å². The average Bonchev–Trinajstić information content (AvgIpc) is 1.78. The highest BCUT2D eigenvalue weighted by Gasteiger charge is 2.19. The van der Waals surface area contributed by atoms with Crippen molar-refractivity contribution in [2.24, 2.45) is 0 Å². The van der Waals surface area contributed by atoms with E-state index >= 15 is 0 Å². The van der Waals surface area contributed by atoms with Gasteiger partial charge in [-0.05, 0) is 31.8 Å². The van der Waals surface area contributed by atoms with Gasteiger partial charge in [0.15, 0.2) is 0 Å². The first kappa shape index (κ1) is 10.2. The summed E-state index contributed by atoms with van der Waals surface area (Å²) < 4.78 is 24.2. The molecule has 0 N–H and O–H groups in total. The molecule has 0 aromatic heterocycles. The Bertz CT molecular complexity index is 78.2. The molecular weight excluding hydrogens is 154 g/mol. The van der Waals surface area contributed by atoms with Crippen LogP contribution >= 0.6 is 11.8 Å². The number of halogens is 2. The molecule has 0 amide bonds. The van der Waals surface area contributed by atoms with E-state index in [0.717, 1.165) is 18.4 Å². The van der Waals surface area contributed by atoms with Crippen LogP contribution in [0.2, 0.25) is 0 Å². The molecule has 0 fully saturated rings. The van der Waals surface area contributed by atoms with Crippen LogP contribution in [0.15, 0.2) is 0 Å². The van der Waals surface area contributed by atoms with Crippen molar-refractivity contribution < 1.29 is 8.78 Å². The Labute approximate surface area is 65.4 Å². The van der Waals surface area contributed by atoms with Gasteiger partial charge in [-0.2, -0.15) is 11.8 Å². The molecule has 3 heteroatoms. The average molecular weight is 167 g/mol. The summed E-state index contributed by atoms with van der Waals surface area (Å²) >= 11 is 1.60. The molecule has 0 aliphatic carbocycles. The van der Waals surface area contributed by atoms with Gasteiger partial charge in [-0.15, -0.1) is 0 Å². The van der Waals surface area contributed by atoms with Crippen LogP contribution in [0.25, 0.3) is 0 Å². The summed E-state index contributed by atoms with van der Waals surface area (Å²) in [6.07, 6.45) is 0.587. The summed E-state index contributed by atoms with van der Waals surface area (Å²) in [5, 5.41) is 0. The van der Waals surface area contributed by atoms with E-state index < -0.39 is 5.92 Å². The smallest absolute Gasteiger partial charge is 0.207 e. The molecular formula is C7H13F2S. The molecule has 10 heavy (non-hydrogen) atoms. The predicted molar refractivity (Wildman–Crippen MR) is 42.5 cm³/mol. The van der Waals surface area contributed by atoms with Gasteiger partial charge in [0.25, 0.3) is 0 Å². The molecule has 0 aliphatic heterocycles. The highest BCUT2D eigenvalue weighted by atomic mass is 32.2. The summed E-state index contributed by atoms with van der Waals surface area (Å²) in [5.74, 6) is -0.913. The number of alkyl halides is 2. The second-order valence-electron chi connectivity index (χ2n) is 2.29. The molecule has 0 aliphatic rings. The Hall–Kier alpha value is 0.210. The third-order valence-corrected chi connectivity index (χ3v) is 1.91. The Morgan fingerprint density at radius 2 is 2.10 bits per heavy atom. The van der Waals surface area contributed by atoms with Crippen molar-refractivity contribution in [3.05, 3.63) is 6.92 Å². The molecule has 0 saturated carbocycles. The van der Waals surface area contributed by atoms with Crippen LogP contribution < -0.4 is 0 Å². The molecule has 1 radical (unpaired) electrons. The SMILES string of the molecule is [CH2]CSCCCC(C)(F)F. The number of hydrogen-bond acceptors (Lipinski definition) is 1. The van der Waals surface area contributed by atoms with Crippen LogP contribution in [0.5, 0.6) is 0 Å². The first-order valence-corrected chi connectivity index (χ1v) is 4.46. The van der Waals surface area contributed by atoms with E-state index in [4.69, 9.17) is 0 Å². The second kappa shape index (κ2) is 4.94. The third-order valence-electron chi connectivity index (χ3n) is 1.05. The molecule has 0 atom stereocenters. The molecule has 0 saturated heterocycles. The molecule has 0 aromatic carbocycles. The number of thioether (sulfide) groups is 1. The lowest BCUT2D eigenvalue weighted by Gasteiger charge is -2.08. The predicted octanol–water partition coefficient (Wildman–Crippen LogP) is 2.99. The maximum absolute atomic E-state index is 12.1. The molecule has 0 unspecified atom stereocenters. The standard InChI is InChI=1S/C7H13F2S/c1-3-10-6-4-5-7(2,8)9/h1,3-6H2,2H3. The van der Waals surface area contributed by atoms with Crippen molar-refractivity contribution in [2.45, 2.75) is 25.7 Å². The van der Waals surface area contributed by atoms with E-state index in [1.54, 1.807) is 11.8 Å². The maximum Gasteiger partial charge on any atom is 0.245 e. The van der Waals surface area contributed by atoms with E-state index in [9.17, 15) is 8.78 Å². The molecule has 0 heterocycles. The molecule has 0 aromatic rings. The van der Waals surface area contributed by atoms with Crippen LogP contribution in [0, 0.1) is 6.92 Å². The van der Waals surface area contributed by atoms with E-state index in [-0.39, 0.29) is 6.42 Å². The van der Waals surface area contributed by atoms with Gasteiger partial charge in [0, 0.05) is 6.42 Å². The third kappa shape index (κ3) is 8.21. The number of rotatable bonds is 5. The lowest BCUT2D eigenvalue weighted by Crippen LogP contribution is -2.09. The van der Waals surface area contributed by atoms with Crippen molar-refractivity contribution in [3.8, 4) is 0 Å². The normalized spacial score (nSPS) is 12.0. The summed E-state index contributed by atoms with van der Waals surface area (Å²) in [7, 11) is 0. The van der Waals surface area contributed by atoms with Gasteiger partial charge in [-0.3, -0.25) is 0 Å². The first-order chi connectivity index (χ1) is 4.56. The quantitative estimate of drug-likeness (QED) is 0.567. The minimum Gasteiger partial charge on any atom is -0.207 e. The Morgan fingerprint density at radius 3 is 2.50 bits per heavy atom. The lowest BCUT2D eigenvalue weighted by molar-refractivity contribution is 0.0126. The second-order valence-corrected chi connectivity index (χ2v) is 3.51. The van der Waals surface area contributed by atoms with Gasteiger partial charge in [0.1, 0.15) is 0 Å². The Kier molecular flexibility index (Phi) is 5.04.